The summed E-state index contributed by atoms with van der Waals surface area (Å²) in [6, 6.07) is 1.38. The highest BCUT2D eigenvalue weighted by Gasteiger charge is 2.28. The average Bonchev–Trinajstić information content (AvgIpc) is 3.22. The molecule has 4 heterocycles. The number of rotatable bonds is 6. The van der Waals surface area contributed by atoms with Gasteiger partial charge in [-0.3, -0.25) is 4.79 Å². The van der Waals surface area contributed by atoms with E-state index in [1.807, 2.05) is 0 Å². The zero-order valence-corrected chi connectivity index (χ0v) is 16.2. The molecule has 0 aromatic carbocycles. The second-order valence-corrected chi connectivity index (χ2v) is 7.56. The Bertz CT molecular complexity index is 840. The summed E-state index contributed by atoms with van der Waals surface area (Å²) >= 11 is 0. The molecule has 2 aliphatic rings. The minimum Gasteiger partial charge on any atom is -0.376 e. The maximum absolute atomic E-state index is 13.4. The lowest BCUT2D eigenvalue weighted by Crippen LogP contribution is -2.41. The van der Waals surface area contributed by atoms with Gasteiger partial charge in [-0.1, -0.05) is 0 Å². The SMILES string of the molecule is O=C(COCC1CCCCO1)N1CCCC(c2cc(C(F)F)n3ncnc3n2)C1. The Balaban J connectivity index is 1.37. The molecule has 1 amide bonds. The van der Waals surface area contributed by atoms with Crippen molar-refractivity contribution in [2.24, 2.45) is 0 Å². The fraction of sp³-hybridized carbons (Fsp3) is 0.684. The van der Waals surface area contributed by atoms with E-state index in [0.717, 1.165) is 43.2 Å². The molecule has 2 aromatic heterocycles. The third-order valence-corrected chi connectivity index (χ3v) is 5.52. The number of amides is 1. The van der Waals surface area contributed by atoms with Crippen molar-refractivity contribution in [2.45, 2.75) is 50.6 Å². The predicted molar refractivity (Wildman–Crippen MR) is 98.7 cm³/mol. The summed E-state index contributed by atoms with van der Waals surface area (Å²) in [4.78, 5) is 22.6. The number of nitrogens with zero attached hydrogens (tertiary/aromatic N) is 5. The monoisotopic (exact) mass is 409 g/mol. The summed E-state index contributed by atoms with van der Waals surface area (Å²) in [5.74, 6) is -0.0613. The molecule has 2 atom stereocenters. The van der Waals surface area contributed by atoms with E-state index in [1.165, 1.54) is 12.4 Å². The number of piperidine rings is 1. The molecule has 2 fully saturated rings. The van der Waals surface area contributed by atoms with E-state index in [2.05, 4.69) is 15.1 Å². The molecule has 2 aromatic rings. The second-order valence-electron chi connectivity index (χ2n) is 7.56. The van der Waals surface area contributed by atoms with Gasteiger partial charge in [0.1, 0.15) is 18.6 Å². The van der Waals surface area contributed by atoms with Gasteiger partial charge in [0.05, 0.1) is 18.4 Å². The molecule has 8 nitrogen and oxygen atoms in total. The van der Waals surface area contributed by atoms with Gasteiger partial charge in [-0.25, -0.2) is 13.8 Å². The van der Waals surface area contributed by atoms with Gasteiger partial charge in [-0.15, -0.1) is 0 Å². The standard InChI is InChI=1S/C19H25F2N5O3/c20-18(21)16-8-15(24-19-22-12-23-26(16)19)13-4-3-6-25(9-13)17(27)11-28-10-14-5-1-2-7-29-14/h8,12-14,18H,1-7,9-11H2. The minimum absolute atomic E-state index is 0.00546. The smallest absolute Gasteiger partial charge is 0.280 e. The van der Waals surface area contributed by atoms with Gasteiger partial charge in [-0.2, -0.15) is 14.6 Å². The van der Waals surface area contributed by atoms with E-state index in [9.17, 15) is 13.6 Å². The van der Waals surface area contributed by atoms with Gasteiger partial charge >= 0.3 is 0 Å². The van der Waals surface area contributed by atoms with Crippen LogP contribution < -0.4 is 0 Å². The van der Waals surface area contributed by atoms with E-state index in [0.29, 0.717) is 25.4 Å². The molecule has 0 spiro atoms. The van der Waals surface area contributed by atoms with Crippen LogP contribution in [-0.2, 0) is 14.3 Å². The normalized spacial score (nSPS) is 23.1. The molecule has 0 bridgehead atoms. The van der Waals surface area contributed by atoms with Gasteiger partial charge in [0.15, 0.2) is 0 Å². The number of halogens is 2. The Morgan fingerprint density at radius 3 is 3.00 bits per heavy atom. The Hall–Kier alpha value is -2.20. The Labute approximate surface area is 167 Å². The first kappa shape index (κ1) is 20.1. The molecule has 2 saturated heterocycles. The molecule has 10 heteroatoms. The molecule has 4 rings (SSSR count). The van der Waals surface area contributed by atoms with Gasteiger partial charge in [0, 0.05) is 25.6 Å². The lowest BCUT2D eigenvalue weighted by Gasteiger charge is -2.32. The molecule has 2 unspecified atom stereocenters. The van der Waals surface area contributed by atoms with E-state index >= 15 is 0 Å². The second kappa shape index (κ2) is 9.08. The van der Waals surface area contributed by atoms with Crippen LogP contribution >= 0.6 is 0 Å². The zero-order valence-electron chi connectivity index (χ0n) is 16.2. The molecule has 158 valence electrons. The third kappa shape index (κ3) is 4.69. The van der Waals surface area contributed by atoms with Crippen molar-refractivity contribution >= 4 is 11.7 Å². The Morgan fingerprint density at radius 1 is 1.31 bits per heavy atom. The molecular formula is C19H25F2N5O3. The molecule has 0 radical (unpaired) electrons. The Kier molecular flexibility index (Phi) is 6.29. The van der Waals surface area contributed by atoms with Crippen LogP contribution in [0, 0.1) is 0 Å². The van der Waals surface area contributed by atoms with Crippen molar-refractivity contribution in [1.82, 2.24) is 24.5 Å². The molecule has 0 saturated carbocycles. The lowest BCUT2D eigenvalue weighted by atomic mass is 9.94. The van der Waals surface area contributed by atoms with Crippen molar-refractivity contribution in [3.05, 3.63) is 23.8 Å². The number of hydrogen-bond acceptors (Lipinski definition) is 6. The largest absolute Gasteiger partial charge is 0.376 e. The van der Waals surface area contributed by atoms with Gasteiger partial charge in [0.2, 0.25) is 5.91 Å². The number of carbonyl (C=O) groups excluding carboxylic acids is 1. The van der Waals surface area contributed by atoms with Crippen molar-refractivity contribution in [1.29, 1.82) is 0 Å². The van der Waals surface area contributed by atoms with E-state index in [-0.39, 0.29) is 36.0 Å². The first-order chi connectivity index (χ1) is 14.1. The van der Waals surface area contributed by atoms with Crippen molar-refractivity contribution in [3.63, 3.8) is 0 Å². The van der Waals surface area contributed by atoms with Crippen LogP contribution in [0.25, 0.3) is 5.78 Å². The van der Waals surface area contributed by atoms with E-state index in [1.54, 1.807) is 4.90 Å². The van der Waals surface area contributed by atoms with Crippen LogP contribution in [0.15, 0.2) is 12.4 Å². The van der Waals surface area contributed by atoms with Gasteiger partial charge in [0.25, 0.3) is 12.2 Å². The fourth-order valence-corrected chi connectivity index (χ4v) is 3.97. The first-order valence-electron chi connectivity index (χ1n) is 10.1. The van der Waals surface area contributed by atoms with Crippen molar-refractivity contribution < 1.29 is 23.0 Å². The first-order valence-corrected chi connectivity index (χ1v) is 10.1. The van der Waals surface area contributed by atoms with E-state index in [4.69, 9.17) is 9.47 Å². The van der Waals surface area contributed by atoms with Crippen LogP contribution in [0.4, 0.5) is 8.78 Å². The summed E-state index contributed by atoms with van der Waals surface area (Å²) in [7, 11) is 0. The highest BCUT2D eigenvalue weighted by Crippen LogP contribution is 2.29. The van der Waals surface area contributed by atoms with Crippen LogP contribution in [0.1, 0.15) is 55.8 Å². The third-order valence-electron chi connectivity index (χ3n) is 5.52. The van der Waals surface area contributed by atoms with Crippen molar-refractivity contribution in [2.75, 3.05) is 32.9 Å². The molecule has 0 N–H and O–H groups in total. The average molecular weight is 409 g/mol. The van der Waals surface area contributed by atoms with Crippen LogP contribution in [0.5, 0.6) is 0 Å². The number of aromatic nitrogens is 4. The molecular weight excluding hydrogens is 384 g/mol. The maximum Gasteiger partial charge on any atom is 0.280 e. The Morgan fingerprint density at radius 2 is 2.21 bits per heavy atom. The van der Waals surface area contributed by atoms with Gasteiger partial charge < -0.3 is 14.4 Å². The van der Waals surface area contributed by atoms with E-state index < -0.39 is 6.43 Å². The summed E-state index contributed by atoms with van der Waals surface area (Å²) in [5, 5.41) is 3.81. The number of hydrogen-bond donors (Lipinski definition) is 0. The van der Waals surface area contributed by atoms with Crippen molar-refractivity contribution in [3.8, 4) is 0 Å². The highest BCUT2D eigenvalue weighted by molar-refractivity contribution is 5.77. The summed E-state index contributed by atoms with van der Waals surface area (Å²) in [5.41, 5.74) is 0.289. The lowest BCUT2D eigenvalue weighted by molar-refractivity contribution is -0.139. The maximum atomic E-state index is 13.4. The molecule has 0 aliphatic carbocycles. The molecule has 29 heavy (non-hydrogen) atoms. The summed E-state index contributed by atoms with van der Waals surface area (Å²) < 4.78 is 39.1. The number of alkyl halides is 2. The fourth-order valence-electron chi connectivity index (χ4n) is 3.97. The van der Waals surface area contributed by atoms with Crippen LogP contribution in [0.2, 0.25) is 0 Å². The number of fused-ring (bicyclic) bond motifs is 1. The topological polar surface area (TPSA) is 81.9 Å². The zero-order chi connectivity index (χ0) is 20.2. The quantitative estimate of drug-likeness (QED) is 0.729. The predicted octanol–water partition coefficient (Wildman–Crippen LogP) is 2.35. The van der Waals surface area contributed by atoms with Crippen LogP contribution in [0.3, 0.4) is 0 Å². The summed E-state index contributed by atoms with van der Waals surface area (Å²) in [6.45, 7) is 2.24. The summed E-state index contributed by atoms with van der Waals surface area (Å²) in [6.07, 6.45) is 3.32. The highest BCUT2D eigenvalue weighted by atomic mass is 19.3. The number of ether oxygens (including phenoxy) is 2. The number of likely N-dealkylation sites (tertiary alicyclic amines) is 1. The molecule has 2 aliphatic heterocycles. The van der Waals surface area contributed by atoms with Crippen LogP contribution in [-0.4, -0.2) is 69.4 Å². The number of carbonyl (C=O) groups is 1. The van der Waals surface area contributed by atoms with Gasteiger partial charge in [-0.05, 0) is 38.2 Å². The minimum atomic E-state index is -2.68.